The van der Waals surface area contributed by atoms with Gasteiger partial charge in [0, 0.05) is 24.2 Å². The molecule has 4 N–H and O–H groups in total. The maximum absolute atomic E-state index is 10.3. The molecule has 8 nitrogen and oxygen atoms in total. The summed E-state index contributed by atoms with van der Waals surface area (Å²) in [4.78, 5) is 0. The molecule has 160 valence electrons. The molecular formula is C21H30N2O6. The molecule has 1 unspecified atom stereocenters. The molecule has 0 saturated carbocycles. The van der Waals surface area contributed by atoms with E-state index in [4.69, 9.17) is 9.47 Å². The number of nitrogens with zero attached hydrogens (tertiary/aromatic N) is 2. The van der Waals surface area contributed by atoms with Crippen molar-refractivity contribution < 1.29 is 29.9 Å². The van der Waals surface area contributed by atoms with E-state index in [-0.39, 0.29) is 0 Å². The highest BCUT2D eigenvalue weighted by atomic mass is 16.7. The van der Waals surface area contributed by atoms with Crippen LogP contribution >= 0.6 is 0 Å². The molecule has 0 bridgehead atoms. The average molecular weight is 406 g/mol. The van der Waals surface area contributed by atoms with Gasteiger partial charge in [0.2, 0.25) is 12.2 Å². The molecule has 5 atom stereocenters. The first kappa shape index (κ1) is 21.7. The van der Waals surface area contributed by atoms with Crippen LogP contribution in [0.4, 0.5) is 0 Å². The first-order valence-electron chi connectivity index (χ1n) is 10.0. The summed E-state index contributed by atoms with van der Waals surface area (Å²) in [6, 6.07) is 8.32. The Labute approximate surface area is 170 Å². The van der Waals surface area contributed by atoms with E-state index in [0.29, 0.717) is 18.8 Å². The predicted octanol–water partition coefficient (Wildman–Crippen LogP) is 0.543. The molecule has 1 fully saturated rings. The summed E-state index contributed by atoms with van der Waals surface area (Å²) in [7, 11) is 0. The Hall–Kier alpha value is -1.97. The number of aryl methyl sites for hydroxylation is 2. The minimum absolute atomic E-state index is 0.299. The number of aliphatic hydroxyl groups excluding tert-OH is 4. The van der Waals surface area contributed by atoms with Crippen molar-refractivity contribution in [1.82, 2.24) is 9.78 Å². The highest BCUT2D eigenvalue weighted by Gasteiger charge is 2.45. The van der Waals surface area contributed by atoms with Crippen molar-refractivity contribution in [2.45, 2.75) is 70.9 Å². The molecular weight excluding hydrogens is 376 g/mol. The maximum atomic E-state index is 10.3. The molecule has 1 aliphatic rings. The van der Waals surface area contributed by atoms with Crippen LogP contribution in [0.25, 0.3) is 0 Å². The fourth-order valence-electron chi connectivity index (χ4n) is 3.53. The molecule has 1 aromatic heterocycles. The monoisotopic (exact) mass is 406 g/mol. The van der Waals surface area contributed by atoms with Gasteiger partial charge < -0.3 is 29.9 Å². The summed E-state index contributed by atoms with van der Waals surface area (Å²) in [6.07, 6.45) is -5.13. The third kappa shape index (κ3) is 4.46. The van der Waals surface area contributed by atoms with Crippen LogP contribution in [0, 0.1) is 6.92 Å². The molecule has 0 aliphatic carbocycles. The van der Waals surface area contributed by atoms with Crippen LogP contribution in [0.5, 0.6) is 5.88 Å². The number of aliphatic hydroxyl groups is 4. The van der Waals surface area contributed by atoms with Gasteiger partial charge in [-0.1, -0.05) is 31.2 Å². The molecule has 0 radical (unpaired) electrons. The van der Waals surface area contributed by atoms with Gasteiger partial charge in [0.15, 0.2) is 0 Å². The molecule has 29 heavy (non-hydrogen) atoms. The predicted molar refractivity (Wildman–Crippen MR) is 106 cm³/mol. The molecule has 1 saturated heterocycles. The van der Waals surface area contributed by atoms with Crippen molar-refractivity contribution in [2.24, 2.45) is 0 Å². The van der Waals surface area contributed by atoms with Gasteiger partial charge in [-0.2, -0.15) is 0 Å². The van der Waals surface area contributed by atoms with Crippen LogP contribution < -0.4 is 4.74 Å². The molecule has 1 aromatic carbocycles. The van der Waals surface area contributed by atoms with Crippen molar-refractivity contribution in [3.8, 4) is 5.88 Å². The van der Waals surface area contributed by atoms with Crippen LogP contribution in [0.15, 0.2) is 24.3 Å². The average Bonchev–Trinajstić information content (AvgIpc) is 3.03. The maximum Gasteiger partial charge on any atom is 0.239 e. The lowest BCUT2D eigenvalue weighted by atomic mass is 9.99. The first-order valence-corrected chi connectivity index (χ1v) is 10.0. The SMILES string of the molecule is CCc1ccc(Cc2c(OC3O[C@H](CO)[C@@H](O)[C@H](O)[C@H]3O)nn(CC)c2C)cc1. The molecule has 2 aromatic rings. The van der Waals surface area contributed by atoms with Crippen LogP contribution in [-0.4, -0.2) is 67.5 Å². The molecule has 8 heteroatoms. The van der Waals surface area contributed by atoms with E-state index in [2.05, 4.69) is 36.3 Å². The molecule has 3 rings (SSSR count). The Morgan fingerprint density at radius 1 is 1.03 bits per heavy atom. The van der Waals surface area contributed by atoms with Crippen molar-refractivity contribution in [3.05, 3.63) is 46.6 Å². The zero-order chi connectivity index (χ0) is 21.1. The Morgan fingerprint density at radius 3 is 2.28 bits per heavy atom. The van der Waals surface area contributed by atoms with E-state index in [9.17, 15) is 20.4 Å². The normalized spacial score (nSPS) is 27.2. The van der Waals surface area contributed by atoms with Gasteiger partial charge >= 0.3 is 0 Å². The first-order chi connectivity index (χ1) is 13.9. The van der Waals surface area contributed by atoms with Gasteiger partial charge in [-0.3, -0.25) is 4.68 Å². The van der Waals surface area contributed by atoms with E-state index in [0.717, 1.165) is 23.2 Å². The van der Waals surface area contributed by atoms with Crippen LogP contribution in [0.1, 0.15) is 36.2 Å². The summed E-state index contributed by atoms with van der Waals surface area (Å²) in [5, 5.41) is 44.1. The summed E-state index contributed by atoms with van der Waals surface area (Å²) < 4.78 is 13.1. The van der Waals surface area contributed by atoms with Crippen molar-refractivity contribution in [1.29, 1.82) is 0 Å². The van der Waals surface area contributed by atoms with E-state index < -0.39 is 37.3 Å². The fourth-order valence-corrected chi connectivity index (χ4v) is 3.53. The lowest BCUT2D eigenvalue weighted by molar-refractivity contribution is -0.278. The number of rotatable bonds is 7. The lowest BCUT2D eigenvalue weighted by Crippen LogP contribution is -2.60. The highest BCUT2D eigenvalue weighted by Crippen LogP contribution is 2.29. The van der Waals surface area contributed by atoms with Gasteiger partial charge in [0.25, 0.3) is 0 Å². The van der Waals surface area contributed by atoms with Crippen LogP contribution in [-0.2, 0) is 24.1 Å². The number of aromatic nitrogens is 2. The number of hydrogen-bond acceptors (Lipinski definition) is 7. The van der Waals surface area contributed by atoms with E-state index >= 15 is 0 Å². The number of ether oxygens (including phenoxy) is 2. The third-order valence-electron chi connectivity index (χ3n) is 5.48. The molecule has 2 heterocycles. The molecule has 1 aliphatic heterocycles. The summed E-state index contributed by atoms with van der Waals surface area (Å²) in [5.41, 5.74) is 4.15. The molecule has 0 amide bonds. The topological polar surface area (TPSA) is 117 Å². The second-order valence-electron chi connectivity index (χ2n) is 7.35. The summed E-state index contributed by atoms with van der Waals surface area (Å²) in [5.74, 6) is 0.299. The zero-order valence-electron chi connectivity index (χ0n) is 17.0. The zero-order valence-corrected chi connectivity index (χ0v) is 17.0. The quantitative estimate of drug-likeness (QED) is 0.530. The van der Waals surface area contributed by atoms with Crippen molar-refractivity contribution >= 4 is 0 Å². The Bertz CT molecular complexity index is 804. The minimum Gasteiger partial charge on any atom is -0.443 e. The Balaban J connectivity index is 1.86. The van der Waals surface area contributed by atoms with Gasteiger partial charge in [-0.15, -0.1) is 5.10 Å². The largest absolute Gasteiger partial charge is 0.443 e. The van der Waals surface area contributed by atoms with E-state index in [1.807, 2.05) is 13.8 Å². The van der Waals surface area contributed by atoms with Gasteiger partial charge in [0.05, 0.1) is 6.61 Å². The number of benzene rings is 1. The van der Waals surface area contributed by atoms with Gasteiger partial charge in [0.1, 0.15) is 24.4 Å². The van der Waals surface area contributed by atoms with E-state index in [1.54, 1.807) is 4.68 Å². The van der Waals surface area contributed by atoms with E-state index in [1.165, 1.54) is 5.56 Å². The summed E-state index contributed by atoms with van der Waals surface area (Å²) in [6.45, 7) is 6.16. The minimum atomic E-state index is -1.50. The van der Waals surface area contributed by atoms with Gasteiger partial charge in [-0.05, 0) is 31.4 Å². The van der Waals surface area contributed by atoms with Crippen LogP contribution in [0.2, 0.25) is 0 Å². The Kier molecular flexibility index (Phi) is 6.92. The standard InChI is InChI=1S/C21H30N2O6/c1-4-13-6-8-14(9-7-13)10-15-12(3)23(5-2)22-20(15)29-21-19(27)18(26)17(25)16(11-24)28-21/h6-9,16-19,21,24-27H,4-5,10-11H2,1-3H3/t16-,17-,18+,19-,21?/m1/s1. The molecule has 0 spiro atoms. The lowest BCUT2D eigenvalue weighted by Gasteiger charge is -2.39. The summed E-state index contributed by atoms with van der Waals surface area (Å²) >= 11 is 0. The van der Waals surface area contributed by atoms with Crippen molar-refractivity contribution in [3.63, 3.8) is 0 Å². The van der Waals surface area contributed by atoms with Crippen molar-refractivity contribution in [2.75, 3.05) is 6.61 Å². The second kappa shape index (κ2) is 9.23. The third-order valence-corrected chi connectivity index (χ3v) is 5.48. The highest BCUT2D eigenvalue weighted by molar-refractivity contribution is 5.37. The fraction of sp³-hybridized carbons (Fsp3) is 0.571. The van der Waals surface area contributed by atoms with Gasteiger partial charge in [-0.25, -0.2) is 0 Å². The Morgan fingerprint density at radius 2 is 1.69 bits per heavy atom. The smallest absolute Gasteiger partial charge is 0.239 e. The number of hydrogen-bond donors (Lipinski definition) is 4. The second-order valence-corrected chi connectivity index (χ2v) is 7.35. The van der Waals surface area contributed by atoms with Crippen LogP contribution in [0.3, 0.4) is 0 Å².